The van der Waals surface area contributed by atoms with Gasteiger partial charge in [-0.15, -0.1) is 0 Å². The Bertz CT molecular complexity index is 367. The Morgan fingerprint density at radius 3 is 2.31 bits per heavy atom. The smallest absolute Gasteiger partial charge is 0.219 e. The molecule has 0 atom stereocenters. The molecule has 0 spiro atoms. The summed E-state index contributed by atoms with van der Waals surface area (Å²) in [6, 6.07) is 9.71. The van der Waals surface area contributed by atoms with Gasteiger partial charge in [0.05, 0.1) is 5.60 Å². The third-order valence-electron chi connectivity index (χ3n) is 3.35. The van der Waals surface area contributed by atoms with Gasteiger partial charge in [0.1, 0.15) is 0 Å². The van der Waals surface area contributed by atoms with E-state index in [0.717, 1.165) is 5.56 Å². The third-order valence-corrected chi connectivity index (χ3v) is 3.35. The topological polar surface area (TPSA) is 40.5 Å². The average Bonchev–Trinajstić information content (AvgIpc) is 2.31. The van der Waals surface area contributed by atoms with Crippen LogP contribution in [0, 0.1) is 0 Å². The van der Waals surface area contributed by atoms with Crippen LogP contribution in [0.15, 0.2) is 30.3 Å². The molecule has 0 radical (unpaired) electrons. The van der Waals surface area contributed by atoms with Crippen molar-refractivity contribution in [1.29, 1.82) is 0 Å². The van der Waals surface area contributed by atoms with Crippen molar-refractivity contribution in [1.82, 2.24) is 4.90 Å². The highest BCUT2D eigenvalue weighted by Crippen LogP contribution is 2.32. The van der Waals surface area contributed by atoms with E-state index >= 15 is 0 Å². The zero-order chi connectivity index (χ0) is 11.6. The molecule has 0 aliphatic carbocycles. The van der Waals surface area contributed by atoms with E-state index in [1.165, 1.54) is 0 Å². The van der Waals surface area contributed by atoms with Gasteiger partial charge in [0.2, 0.25) is 5.91 Å². The lowest BCUT2D eigenvalue weighted by Crippen LogP contribution is -2.44. The molecule has 0 bridgehead atoms. The largest absolute Gasteiger partial charge is 0.385 e. The minimum Gasteiger partial charge on any atom is -0.385 e. The van der Waals surface area contributed by atoms with Gasteiger partial charge in [-0.1, -0.05) is 30.3 Å². The molecule has 16 heavy (non-hydrogen) atoms. The van der Waals surface area contributed by atoms with Crippen molar-refractivity contribution < 1.29 is 9.90 Å². The summed E-state index contributed by atoms with van der Waals surface area (Å²) in [7, 11) is 0. The highest BCUT2D eigenvalue weighted by Gasteiger charge is 2.34. The number of aliphatic hydroxyl groups is 1. The maximum atomic E-state index is 11.2. The summed E-state index contributed by atoms with van der Waals surface area (Å²) >= 11 is 0. The molecule has 2 rings (SSSR count). The number of carbonyl (C=O) groups is 1. The number of amides is 1. The van der Waals surface area contributed by atoms with Crippen molar-refractivity contribution in [3.05, 3.63) is 35.9 Å². The van der Waals surface area contributed by atoms with Gasteiger partial charge >= 0.3 is 0 Å². The molecule has 0 saturated carbocycles. The van der Waals surface area contributed by atoms with E-state index in [-0.39, 0.29) is 5.91 Å². The van der Waals surface area contributed by atoms with E-state index in [0.29, 0.717) is 25.9 Å². The number of benzene rings is 1. The summed E-state index contributed by atoms with van der Waals surface area (Å²) in [5, 5.41) is 10.5. The summed E-state index contributed by atoms with van der Waals surface area (Å²) in [6.07, 6.45) is 1.24. The Kier molecular flexibility index (Phi) is 2.97. The van der Waals surface area contributed by atoms with Crippen molar-refractivity contribution >= 4 is 5.91 Å². The second kappa shape index (κ2) is 4.26. The predicted octanol–water partition coefficient (Wildman–Crippen LogP) is 1.52. The molecule has 1 aliphatic heterocycles. The minimum atomic E-state index is -0.757. The van der Waals surface area contributed by atoms with E-state index < -0.39 is 5.60 Å². The molecule has 3 nitrogen and oxygen atoms in total. The van der Waals surface area contributed by atoms with Crippen LogP contribution in [-0.4, -0.2) is 29.0 Å². The number of hydrogen-bond acceptors (Lipinski definition) is 2. The zero-order valence-corrected chi connectivity index (χ0v) is 9.52. The number of hydrogen-bond donors (Lipinski definition) is 1. The minimum absolute atomic E-state index is 0.0927. The number of nitrogens with zero attached hydrogens (tertiary/aromatic N) is 1. The van der Waals surface area contributed by atoms with Crippen molar-refractivity contribution in [2.24, 2.45) is 0 Å². The van der Waals surface area contributed by atoms with E-state index in [1.807, 2.05) is 30.3 Å². The molecule has 86 valence electrons. The normalized spacial score (nSPS) is 19.5. The monoisotopic (exact) mass is 219 g/mol. The molecule has 1 fully saturated rings. The Morgan fingerprint density at radius 2 is 1.81 bits per heavy atom. The van der Waals surface area contributed by atoms with Crippen LogP contribution in [0.3, 0.4) is 0 Å². The van der Waals surface area contributed by atoms with Gasteiger partial charge in [-0.2, -0.15) is 0 Å². The number of likely N-dealkylation sites (tertiary alicyclic amines) is 1. The van der Waals surface area contributed by atoms with Gasteiger partial charge in [0, 0.05) is 20.0 Å². The fraction of sp³-hybridized carbons (Fsp3) is 0.462. The van der Waals surface area contributed by atoms with Gasteiger partial charge in [-0.3, -0.25) is 4.79 Å². The molecule has 1 aromatic carbocycles. The van der Waals surface area contributed by atoms with Crippen molar-refractivity contribution in [2.75, 3.05) is 13.1 Å². The maximum absolute atomic E-state index is 11.2. The van der Waals surface area contributed by atoms with Crippen LogP contribution >= 0.6 is 0 Å². The van der Waals surface area contributed by atoms with Crippen LogP contribution in [0.5, 0.6) is 0 Å². The molecule has 1 amide bonds. The maximum Gasteiger partial charge on any atom is 0.219 e. The highest BCUT2D eigenvalue weighted by molar-refractivity contribution is 5.73. The molecule has 1 aliphatic rings. The number of rotatable bonds is 1. The van der Waals surface area contributed by atoms with Gasteiger partial charge in [0.25, 0.3) is 0 Å². The number of piperidine rings is 1. The second-order valence-corrected chi connectivity index (χ2v) is 4.40. The lowest BCUT2D eigenvalue weighted by Gasteiger charge is -2.38. The van der Waals surface area contributed by atoms with E-state index in [1.54, 1.807) is 11.8 Å². The van der Waals surface area contributed by atoms with Crippen LogP contribution in [0.2, 0.25) is 0 Å². The molecule has 1 N–H and O–H groups in total. The molecular weight excluding hydrogens is 202 g/mol. The van der Waals surface area contributed by atoms with Crippen molar-refractivity contribution in [3.63, 3.8) is 0 Å². The molecule has 3 heteroatoms. The van der Waals surface area contributed by atoms with E-state index in [2.05, 4.69) is 0 Å². The molecule has 1 aromatic rings. The van der Waals surface area contributed by atoms with Crippen LogP contribution in [0.4, 0.5) is 0 Å². The number of carbonyl (C=O) groups excluding carboxylic acids is 1. The summed E-state index contributed by atoms with van der Waals surface area (Å²) in [4.78, 5) is 13.0. The first-order valence-corrected chi connectivity index (χ1v) is 5.65. The highest BCUT2D eigenvalue weighted by atomic mass is 16.3. The van der Waals surface area contributed by atoms with Crippen LogP contribution in [0.1, 0.15) is 25.3 Å². The Labute approximate surface area is 95.7 Å². The summed E-state index contributed by atoms with van der Waals surface area (Å²) in [5.41, 5.74) is 0.200. The van der Waals surface area contributed by atoms with Gasteiger partial charge in [-0.05, 0) is 18.4 Å². The van der Waals surface area contributed by atoms with Gasteiger partial charge in [0.15, 0.2) is 0 Å². The van der Waals surface area contributed by atoms with Gasteiger partial charge < -0.3 is 10.0 Å². The first-order chi connectivity index (χ1) is 7.62. The van der Waals surface area contributed by atoms with Crippen LogP contribution < -0.4 is 0 Å². The summed E-state index contributed by atoms with van der Waals surface area (Å²) in [6.45, 7) is 2.86. The quantitative estimate of drug-likeness (QED) is 0.778. The molecular formula is C13H17NO2. The average molecular weight is 219 g/mol. The van der Waals surface area contributed by atoms with Crippen molar-refractivity contribution in [3.8, 4) is 0 Å². The van der Waals surface area contributed by atoms with E-state index in [4.69, 9.17) is 0 Å². The molecule has 1 heterocycles. The van der Waals surface area contributed by atoms with Gasteiger partial charge in [-0.25, -0.2) is 0 Å². The van der Waals surface area contributed by atoms with Crippen molar-refractivity contribution in [2.45, 2.75) is 25.4 Å². The lowest BCUT2D eigenvalue weighted by atomic mass is 9.84. The first kappa shape index (κ1) is 11.1. The Morgan fingerprint density at radius 1 is 1.25 bits per heavy atom. The molecule has 0 aromatic heterocycles. The molecule has 0 unspecified atom stereocenters. The predicted molar refractivity (Wildman–Crippen MR) is 61.8 cm³/mol. The third kappa shape index (κ3) is 2.09. The Hall–Kier alpha value is -1.35. The first-order valence-electron chi connectivity index (χ1n) is 5.65. The van der Waals surface area contributed by atoms with Crippen LogP contribution in [0.25, 0.3) is 0 Å². The fourth-order valence-corrected chi connectivity index (χ4v) is 2.23. The van der Waals surface area contributed by atoms with Crippen LogP contribution in [-0.2, 0) is 10.4 Å². The SMILES string of the molecule is CC(=O)N1CCC(O)(c2ccccc2)CC1. The zero-order valence-electron chi connectivity index (χ0n) is 9.52. The summed E-state index contributed by atoms with van der Waals surface area (Å²) in [5.74, 6) is 0.0927. The van der Waals surface area contributed by atoms with E-state index in [9.17, 15) is 9.90 Å². The lowest BCUT2D eigenvalue weighted by molar-refractivity contribution is -0.133. The molecule has 1 saturated heterocycles. The second-order valence-electron chi connectivity index (χ2n) is 4.40. The standard InChI is InChI=1S/C13H17NO2/c1-11(15)14-9-7-13(16,8-10-14)12-5-3-2-4-6-12/h2-6,16H,7-10H2,1H3. The Balaban J connectivity index is 2.10. The summed E-state index contributed by atoms with van der Waals surface area (Å²) < 4.78 is 0. The fourth-order valence-electron chi connectivity index (χ4n) is 2.23.